The second kappa shape index (κ2) is 9.87. The number of benzene rings is 1. The molecule has 8 heteroatoms. The fourth-order valence-electron chi connectivity index (χ4n) is 5.04. The van der Waals surface area contributed by atoms with Gasteiger partial charge in [0.1, 0.15) is 0 Å². The number of amides is 2. The Kier molecular flexibility index (Phi) is 6.53. The summed E-state index contributed by atoms with van der Waals surface area (Å²) in [6.07, 6.45) is 7.07. The maximum atomic E-state index is 12.8. The summed E-state index contributed by atoms with van der Waals surface area (Å²) in [7, 11) is 0. The third-order valence-corrected chi connectivity index (χ3v) is 7.21. The van der Waals surface area contributed by atoms with E-state index >= 15 is 0 Å². The van der Waals surface area contributed by atoms with Crippen molar-refractivity contribution in [2.75, 3.05) is 49.6 Å². The number of aromatic nitrogens is 2. The van der Waals surface area contributed by atoms with Gasteiger partial charge in [0.05, 0.1) is 24.0 Å². The van der Waals surface area contributed by atoms with Crippen LogP contribution >= 0.6 is 0 Å². The third-order valence-electron chi connectivity index (χ3n) is 7.21. The minimum Gasteiger partial charge on any atom is -0.381 e. The van der Waals surface area contributed by atoms with Gasteiger partial charge in [-0.05, 0) is 55.4 Å². The van der Waals surface area contributed by atoms with Gasteiger partial charge in [-0.1, -0.05) is 12.1 Å². The molecule has 174 valence electrons. The predicted octanol–water partition coefficient (Wildman–Crippen LogP) is 2.68. The number of hydrogen-bond acceptors (Lipinski definition) is 6. The number of ether oxygens (including phenoxy) is 1. The van der Waals surface area contributed by atoms with Crippen LogP contribution in [-0.4, -0.2) is 66.3 Å². The highest BCUT2D eigenvalue weighted by Gasteiger charge is 2.33. The summed E-state index contributed by atoms with van der Waals surface area (Å²) in [5.74, 6) is 0.950. The maximum absolute atomic E-state index is 12.8. The first-order valence-electron chi connectivity index (χ1n) is 12.0. The van der Waals surface area contributed by atoms with E-state index < -0.39 is 0 Å². The van der Waals surface area contributed by atoms with E-state index in [9.17, 15) is 9.59 Å². The van der Waals surface area contributed by atoms with Crippen LogP contribution in [0.3, 0.4) is 0 Å². The van der Waals surface area contributed by atoms with Gasteiger partial charge in [-0.3, -0.25) is 9.59 Å². The van der Waals surface area contributed by atoms with Crippen LogP contribution in [0.1, 0.15) is 37.2 Å². The highest BCUT2D eigenvalue weighted by molar-refractivity contribution is 5.94. The molecule has 0 aliphatic carbocycles. The van der Waals surface area contributed by atoms with Gasteiger partial charge in [-0.2, -0.15) is 10.2 Å². The quantitative estimate of drug-likeness (QED) is 0.755. The summed E-state index contributed by atoms with van der Waals surface area (Å²) >= 11 is 0. The lowest BCUT2D eigenvalue weighted by atomic mass is 9.88. The van der Waals surface area contributed by atoms with Crippen LogP contribution in [0.15, 0.2) is 42.7 Å². The van der Waals surface area contributed by atoms with Crippen molar-refractivity contribution in [3.8, 4) is 0 Å². The molecule has 0 atom stereocenters. The average molecular weight is 450 g/mol. The fraction of sp³-hybridized carbons (Fsp3) is 0.520. The lowest BCUT2D eigenvalue weighted by molar-refractivity contribution is -0.139. The van der Waals surface area contributed by atoms with Crippen molar-refractivity contribution in [1.29, 1.82) is 0 Å². The SMILES string of the molecule is O=C(Nc1ccc(C2CCN(C(=O)C3CCOCC3)CC2)cc1)C1CN(c2ccnnc2)C1. The second-order valence-electron chi connectivity index (χ2n) is 9.30. The summed E-state index contributed by atoms with van der Waals surface area (Å²) < 4.78 is 5.39. The molecule has 0 bridgehead atoms. The molecular weight excluding hydrogens is 418 g/mol. The molecule has 3 fully saturated rings. The van der Waals surface area contributed by atoms with Crippen molar-refractivity contribution in [1.82, 2.24) is 15.1 Å². The van der Waals surface area contributed by atoms with Crippen LogP contribution in [0, 0.1) is 11.8 Å². The molecule has 1 N–H and O–H groups in total. The van der Waals surface area contributed by atoms with Gasteiger partial charge in [0.2, 0.25) is 11.8 Å². The van der Waals surface area contributed by atoms with Crippen LogP contribution in [0.5, 0.6) is 0 Å². The zero-order valence-electron chi connectivity index (χ0n) is 18.9. The van der Waals surface area contributed by atoms with E-state index in [0.717, 1.165) is 50.1 Å². The number of likely N-dealkylation sites (tertiary alicyclic amines) is 1. The first-order valence-corrected chi connectivity index (χ1v) is 12.0. The standard InChI is InChI=1S/C25H31N5O3/c31-24(21-16-30(17-21)23-5-10-26-27-15-23)28-22-3-1-18(2-4-22)19-6-11-29(12-7-19)25(32)20-8-13-33-14-9-20/h1-5,10,15,19-21H,6-9,11-14,16-17H2,(H,28,31). The maximum Gasteiger partial charge on any atom is 0.231 e. The first-order chi connectivity index (χ1) is 16.2. The van der Waals surface area contributed by atoms with Gasteiger partial charge in [0.15, 0.2) is 0 Å². The van der Waals surface area contributed by atoms with Crippen LogP contribution in [-0.2, 0) is 14.3 Å². The number of carbonyl (C=O) groups is 2. The van der Waals surface area contributed by atoms with Crippen molar-refractivity contribution in [2.24, 2.45) is 11.8 Å². The lowest BCUT2D eigenvalue weighted by Crippen LogP contribution is -2.52. The van der Waals surface area contributed by atoms with Gasteiger partial charge in [0.25, 0.3) is 0 Å². The van der Waals surface area contributed by atoms with Crippen LogP contribution in [0.4, 0.5) is 11.4 Å². The summed E-state index contributed by atoms with van der Waals surface area (Å²) in [5.41, 5.74) is 3.12. The van der Waals surface area contributed by atoms with Crippen molar-refractivity contribution in [3.63, 3.8) is 0 Å². The molecule has 0 unspecified atom stereocenters. The van der Waals surface area contributed by atoms with Gasteiger partial charge < -0.3 is 19.9 Å². The van der Waals surface area contributed by atoms with E-state index in [2.05, 4.69) is 32.5 Å². The molecule has 0 radical (unpaired) electrons. The van der Waals surface area contributed by atoms with Crippen molar-refractivity contribution in [3.05, 3.63) is 48.3 Å². The molecule has 33 heavy (non-hydrogen) atoms. The summed E-state index contributed by atoms with van der Waals surface area (Å²) in [6, 6.07) is 10.1. The van der Waals surface area contributed by atoms with Gasteiger partial charge in [0, 0.05) is 51.0 Å². The highest BCUT2D eigenvalue weighted by atomic mass is 16.5. The number of anilines is 2. The Hall–Kier alpha value is -3.00. The molecule has 2 aromatic rings. The average Bonchev–Trinajstić information content (AvgIpc) is 2.84. The Morgan fingerprint density at radius 2 is 1.64 bits per heavy atom. The molecule has 3 aliphatic rings. The number of rotatable bonds is 5. The van der Waals surface area contributed by atoms with Gasteiger partial charge in [-0.25, -0.2) is 0 Å². The molecule has 3 saturated heterocycles. The normalized spacial score (nSPS) is 20.4. The molecule has 4 heterocycles. The number of nitrogens with one attached hydrogen (secondary N) is 1. The summed E-state index contributed by atoms with van der Waals surface area (Å²) in [4.78, 5) is 29.5. The first kappa shape index (κ1) is 21.8. The summed E-state index contributed by atoms with van der Waals surface area (Å²) in [6.45, 7) is 4.45. The predicted molar refractivity (Wildman–Crippen MR) is 125 cm³/mol. The molecule has 2 amide bonds. The highest BCUT2D eigenvalue weighted by Crippen LogP contribution is 2.31. The Bertz CT molecular complexity index is 948. The molecular formula is C25H31N5O3. The Labute approximate surface area is 194 Å². The van der Waals surface area contributed by atoms with Gasteiger partial charge >= 0.3 is 0 Å². The molecule has 8 nitrogen and oxygen atoms in total. The largest absolute Gasteiger partial charge is 0.381 e. The van der Waals surface area contributed by atoms with Crippen molar-refractivity contribution >= 4 is 23.2 Å². The zero-order valence-corrected chi connectivity index (χ0v) is 18.9. The zero-order chi connectivity index (χ0) is 22.6. The Morgan fingerprint density at radius 1 is 0.909 bits per heavy atom. The molecule has 0 saturated carbocycles. The molecule has 1 aromatic carbocycles. The molecule has 3 aliphatic heterocycles. The van der Waals surface area contributed by atoms with E-state index in [-0.39, 0.29) is 17.7 Å². The Balaban J connectivity index is 1.08. The van der Waals surface area contributed by atoms with E-state index in [0.29, 0.717) is 38.1 Å². The summed E-state index contributed by atoms with van der Waals surface area (Å²) in [5, 5.41) is 10.7. The van der Waals surface area contributed by atoms with Crippen molar-refractivity contribution in [2.45, 2.75) is 31.6 Å². The van der Waals surface area contributed by atoms with E-state index in [1.165, 1.54) is 5.56 Å². The van der Waals surface area contributed by atoms with Gasteiger partial charge in [-0.15, -0.1) is 0 Å². The lowest BCUT2D eigenvalue weighted by Gasteiger charge is -2.39. The smallest absolute Gasteiger partial charge is 0.231 e. The van der Waals surface area contributed by atoms with E-state index in [1.807, 2.05) is 23.1 Å². The fourth-order valence-corrected chi connectivity index (χ4v) is 5.04. The van der Waals surface area contributed by atoms with Crippen molar-refractivity contribution < 1.29 is 14.3 Å². The van der Waals surface area contributed by atoms with Crippen LogP contribution in [0.2, 0.25) is 0 Å². The number of piperidine rings is 1. The van der Waals surface area contributed by atoms with E-state index in [1.54, 1.807) is 12.4 Å². The minimum absolute atomic E-state index is 0.0181. The number of nitrogens with zero attached hydrogens (tertiary/aromatic N) is 4. The van der Waals surface area contributed by atoms with Crippen LogP contribution < -0.4 is 10.2 Å². The van der Waals surface area contributed by atoms with E-state index in [4.69, 9.17) is 4.74 Å². The number of carbonyl (C=O) groups excluding carboxylic acids is 2. The Morgan fingerprint density at radius 3 is 2.30 bits per heavy atom. The molecule has 5 rings (SSSR count). The monoisotopic (exact) mass is 449 g/mol. The van der Waals surface area contributed by atoms with Crippen LogP contribution in [0.25, 0.3) is 0 Å². The third kappa shape index (κ3) is 5.00. The second-order valence-corrected chi connectivity index (χ2v) is 9.30. The number of hydrogen-bond donors (Lipinski definition) is 1. The topological polar surface area (TPSA) is 87.7 Å². The minimum atomic E-state index is -0.0181. The molecule has 1 aromatic heterocycles. The molecule has 0 spiro atoms.